The third-order valence-corrected chi connectivity index (χ3v) is 3.61. The monoisotopic (exact) mass is 254 g/mol. The highest BCUT2D eigenvalue weighted by Crippen LogP contribution is 2.14. The fraction of sp³-hybridized carbons (Fsp3) is 0.692. The van der Waals surface area contributed by atoms with Gasteiger partial charge in [-0.1, -0.05) is 32.6 Å². The summed E-state index contributed by atoms with van der Waals surface area (Å²) in [6.45, 7) is 2.79. The van der Waals surface area contributed by atoms with E-state index >= 15 is 0 Å². The van der Waals surface area contributed by atoms with Crippen LogP contribution in [0.1, 0.15) is 60.9 Å². The number of hydrogen-bond acceptors (Lipinski definition) is 4. The lowest BCUT2D eigenvalue weighted by molar-refractivity contribution is 0.0975. The van der Waals surface area contributed by atoms with E-state index in [1.54, 1.807) is 0 Å². The molecule has 0 radical (unpaired) electrons. The average molecular weight is 254 g/mol. The molecule has 3 nitrogen and oxygen atoms in total. The summed E-state index contributed by atoms with van der Waals surface area (Å²) < 4.78 is 0. The maximum Gasteiger partial charge on any atom is 0.182 e. The van der Waals surface area contributed by atoms with Gasteiger partial charge in [0.2, 0.25) is 0 Å². The van der Waals surface area contributed by atoms with E-state index in [-0.39, 0.29) is 5.78 Å². The Kier molecular flexibility index (Phi) is 7.05. The highest BCUT2D eigenvalue weighted by atomic mass is 32.1. The van der Waals surface area contributed by atoms with Crippen molar-refractivity contribution in [3.8, 4) is 0 Å². The number of unbranched alkanes of at least 4 members (excludes halogenated alkanes) is 4. The van der Waals surface area contributed by atoms with Crippen molar-refractivity contribution < 1.29 is 4.79 Å². The number of aromatic nitrogens is 1. The molecule has 4 heteroatoms. The molecule has 0 amide bonds. The van der Waals surface area contributed by atoms with Gasteiger partial charge in [-0.2, -0.15) is 0 Å². The molecule has 0 fully saturated rings. The number of thiazole rings is 1. The van der Waals surface area contributed by atoms with E-state index in [9.17, 15) is 4.79 Å². The molecule has 0 unspecified atom stereocenters. The van der Waals surface area contributed by atoms with Crippen molar-refractivity contribution in [2.45, 2.75) is 51.9 Å². The molecular formula is C13H22N2OS. The quantitative estimate of drug-likeness (QED) is 0.544. The molecule has 2 N–H and O–H groups in total. The maximum absolute atomic E-state index is 11.8. The number of Topliss-reactive ketones (excluding diaryl/α,β-unsaturated/α-hetero) is 1. The van der Waals surface area contributed by atoms with Gasteiger partial charge in [0.05, 0.1) is 5.01 Å². The van der Waals surface area contributed by atoms with E-state index in [2.05, 4.69) is 11.9 Å². The van der Waals surface area contributed by atoms with Crippen molar-refractivity contribution in [3.05, 3.63) is 16.1 Å². The lowest BCUT2D eigenvalue weighted by Gasteiger charge is -1.98. The minimum atomic E-state index is 0.181. The van der Waals surface area contributed by atoms with Crippen molar-refractivity contribution in [2.24, 2.45) is 5.73 Å². The molecule has 17 heavy (non-hydrogen) atoms. The number of rotatable bonds is 9. The van der Waals surface area contributed by atoms with Crippen LogP contribution in [0.3, 0.4) is 0 Å². The summed E-state index contributed by atoms with van der Waals surface area (Å²) >= 11 is 1.54. The minimum absolute atomic E-state index is 0.181. The molecule has 0 spiro atoms. The lowest BCUT2D eigenvalue weighted by atomic mass is 10.1. The Hall–Kier alpha value is -0.740. The summed E-state index contributed by atoms with van der Waals surface area (Å²) in [4.78, 5) is 16.1. The van der Waals surface area contributed by atoms with Crippen LogP contribution in [-0.4, -0.2) is 17.3 Å². The van der Waals surface area contributed by atoms with Gasteiger partial charge in [0.25, 0.3) is 0 Å². The number of ketones is 1. The first kappa shape index (κ1) is 14.3. The maximum atomic E-state index is 11.8. The standard InChI is InChI=1S/C13H22N2OS/c1-2-3-4-5-6-7-12(16)11-10-17-13(15-11)8-9-14/h10H,2-9,14H2,1H3. The van der Waals surface area contributed by atoms with Gasteiger partial charge in [-0.3, -0.25) is 4.79 Å². The lowest BCUT2D eigenvalue weighted by Crippen LogP contribution is -2.04. The highest BCUT2D eigenvalue weighted by molar-refractivity contribution is 7.09. The molecule has 0 bridgehead atoms. The van der Waals surface area contributed by atoms with Crippen LogP contribution in [0.25, 0.3) is 0 Å². The van der Waals surface area contributed by atoms with Crippen molar-refractivity contribution in [3.63, 3.8) is 0 Å². The fourth-order valence-corrected chi connectivity index (χ4v) is 2.51. The van der Waals surface area contributed by atoms with Gasteiger partial charge in [-0.25, -0.2) is 4.98 Å². The Balaban J connectivity index is 2.26. The van der Waals surface area contributed by atoms with Crippen LogP contribution >= 0.6 is 11.3 Å². The highest BCUT2D eigenvalue weighted by Gasteiger charge is 2.09. The summed E-state index contributed by atoms with van der Waals surface area (Å²) in [5.74, 6) is 0.181. The van der Waals surface area contributed by atoms with Gasteiger partial charge < -0.3 is 5.73 Å². The van der Waals surface area contributed by atoms with Crippen molar-refractivity contribution >= 4 is 17.1 Å². The number of hydrogen-bond donors (Lipinski definition) is 1. The van der Waals surface area contributed by atoms with Crippen molar-refractivity contribution in [1.29, 1.82) is 0 Å². The second kappa shape index (κ2) is 8.37. The van der Waals surface area contributed by atoms with Crippen LogP contribution in [0.2, 0.25) is 0 Å². The molecule has 0 aliphatic heterocycles. The minimum Gasteiger partial charge on any atom is -0.330 e. The molecule has 1 heterocycles. The molecule has 0 aliphatic carbocycles. The SMILES string of the molecule is CCCCCCCC(=O)c1csc(CCN)n1. The van der Waals surface area contributed by atoms with Gasteiger partial charge in [-0.05, 0) is 13.0 Å². The van der Waals surface area contributed by atoms with Crippen LogP contribution in [0.5, 0.6) is 0 Å². The molecular weight excluding hydrogens is 232 g/mol. The summed E-state index contributed by atoms with van der Waals surface area (Å²) in [7, 11) is 0. The van der Waals surface area contributed by atoms with Crippen molar-refractivity contribution in [2.75, 3.05) is 6.54 Å². The van der Waals surface area contributed by atoms with Crippen LogP contribution < -0.4 is 5.73 Å². The van der Waals surface area contributed by atoms with Crippen LogP contribution in [0.15, 0.2) is 5.38 Å². The Morgan fingerprint density at radius 2 is 2.12 bits per heavy atom. The molecule has 0 saturated carbocycles. The predicted octanol–water partition coefficient (Wildman–Crippen LogP) is 3.19. The Labute approximate surface area is 107 Å². The van der Waals surface area contributed by atoms with E-state index in [0.29, 0.717) is 18.7 Å². The smallest absolute Gasteiger partial charge is 0.182 e. The zero-order valence-electron chi connectivity index (χ0n) is 10.6. The van der Waals surface area contributed by atoms with Crippen molar-refractivity contribution in [1.82, 2.24) is 4.98 Å². The van der Waals surface area contributed by atoms with Gasteiger partial charge >= 0.3 is 0 Å². The fourth-order valence-electron chi connectivity index (χ4n) is 1.69. The first-order chi connectivity index (χ1) is 8.27. The predicted molar refractivity (Wildman–Crippen MR) is 72.6 cm³/mol. The molecule has 96 valence electrons. The molecule has 0 aromatic carbocycles. The largest absolute Gasteiger partial charge is 0.330 e. The first-order valence-corrected chi connectivity index (χ1v) is 7.33. The van der Waals surface area contributed by atoms with Gasteiger partial charge in [-0.15, -0.1) is 11.3 Å². The van der Waals surface area contributed by atoms with Crippen LogP contribution in [0.4, 0.5) is 0 Å². The van der Waals surface area contributed by atoms with Crippen LogP contribution in [0, 0.1) is 0 Å². The summed E-state index contributed by atoms with van der Waals surface area (Å²) in [6, 6.07) is 0. The van der Waals surface area contributed by atoms with E-state index in [0.717, 1.165) is 24.3 Å². The molecule has 1 rings (SSSR count). The van der Waals surface area contributed by atoms with E-state index in [4.69, 9.17) is 5.73 Å². The summed E-state index contributed by atoms with van der Waals surface area (Å²) in [6.07, 6.45) is 7.29. The summed E-state index contributed by atoms with van der Waals surface area (Å²) in [5.41, 5.74) is 6.09. The van der Waals surface area contributed by atoms with E-state index < -0.39 is 0 Å². The summed E-state index contributed by atoms with van der Waals surface area (Å²) in [5, 5.41) is 2.83. The van der Waals surface area contributed by atoms with Gasteiger partial charge in [0.15, 0.2) is 5.78 Å². The van der Waals surface area contributed by atoms with Gasteiger partial charge in [0.1, 0.15) is 5.69 Å². The number of nitrogens with zero attached hydrogens (tertiary/aromatic N) is 1. The Morgan fingerprint density at radius 3 is 2.82 bits per heavy atom. The van der Waals surface area contributed by atoms with E-state index in [1.807, 2.05) is 5.38 Å². The number of carbonyl (C=O) groups is 1. The third kappa shape index (κ3) is 5.41. The molecule has 1 aromatic rings. The second-order valence-electron chi connectivity index (χ2n) is 4.25. The van der Waals surface area contributed by atoms with E-state index in [1.165, 1.54) is 30.6 Å². The van der Waals surface area contributed by atoms with Gasteiger partial charge in [0, 0.05) is 18.2 Å². The number of carbonyl (C=O) groups excluding carboxylic acids is 1. The zero-order valence-corrected chi connectivity index (χ0v) is 11.4. The topological polar surface area (TPSA) is 56.0 Å². The molecule has 0 saturated heterocycles. The second-order valence-corrected chi connectivity index (χ2v) is 5.20. The first-order valence-electron chi connectivity index (χ1n) is 6.45. The molecule has 0 atom stereocenters. The zero-order chi connectivity index (χ0) is 12.5. The number of nitrogens with two attached hydrogens (primary N) is 1. The normalized spacial score (nSPS) is 10.7. The van der Waals surface area contributed by atoms with Crippen LogP contribution in [-0.2, 0) is 6.42 Å². The Morgan fingerprint density at radius 1 is 1.35 bits per heavy atom. The average Bonchev–Trinajstić information content (AvgIpc) is 2.78. The third-order valence-electron chi connectivity index (χ3n) is 2.70. The Bertz CT molecular complexity index is 336. The molecule has 1 aromatic heterocycles. The molecule has 0 aliphatic rings.